The van der Waals surface area contributed by atoms with Gasteiger partial charge in [0.1, 0.15) is 11.6 Å². The Morgan fingerprint density at radius 2 is 2.33 bits per heavy atom. The van der Waals surface area contributed by atoms with E-state index < -0.39 is 4.92 Å². The van der Waals surface area contributed by atoms with Gasteiger partial charge in [-0.1, -0.05) is 0 Å². The zero-order chi connectivity index (χ0) is 13.5. The molecule has 0 aromatic heterocycles. The highest BCUT2D eigenvalue weighted by Crippen LogP contribution is 2.25. The van der Waals surface area contributed by atoms with Crippen molar-refractivity contribution in [1.82, 2.24) is 0 Å². The summed E-state index contributed by atoms with van der Waals surface area (Å²) in [6.07, 6.45) is 0.250. The zero-order valence-electron chi connectivity index (χ0n) is 9.58. The third kappa shape index (κ3) is 3.75. The van der Waals surface area contributed by atoms with Crippen molar-refractivity contribution in [2.75, 3.05) is 12.9 Å². The minimum absolute atomic E-state index is 0.0167. The molecule has 0 bridgehead atoms. The van der Waals surface area contributed by atoms with E-state index in [1.54, 1.807) is 12.1 Å². The van der Waals surface area contributed by atoms with E-state index in [0.29, 0.717) is 10.6 Å². The van der Waals surface area contributed by atoms with Gasteiger partial charge in [-0.2, -0.15) is 5.26 Å². The fourth-order valence-electron chi connectivity index (χ4n) is 1.21. The quantitative estimate of drug-likeness (QED) is 0.351. The number of nitro benzene ring substituents is 1. The molecule has 0 N–H and O–H groups in total. The van der Waals surface area contributed by atoms with Crippen LogP contribution in [0.15, 0.2) is 23.1 Å². The number of rotatable bonds is 5. The number of nitrogens with zero attached hydrogens (tertiary/aromatic N) is 2. The zero-order valence-corrected chi connectivity index (χ0v) is 10.4. The normalized spacial score (nSPS) is 9.56. The minimum atomic E-state index is -0.596. The topological polar surface area (TPSA) is 93.2 Å². The Morgan fingerprint density at radius 1 is 1.61 bits per heavy atom. The van der Waals surface area contributed by atoms with Crippen molar-refractivity contribution in [1.29, 1.82) is 5.26 Å². The highest BCUT2D eigenvalue weighted by molar-refractivity contribution is 7.99. The summed E-state index contributed by atoms with van der Waals surface area (Å²) in [6.45, 7) is 0. The van der Waals surface area contributed by atoms with Crippen molar-refractivity contribution in [3.63, 3.8) is 0 Å². The molecule has 0 fully saturated rings. The number of carbonyl (C=O) groups is 1. The first kappa shape index (κ1) is 14.0. The molecule has 0 aliphatic carbocycles. The number of methoxy groups -OCH3 is 1. The second-order valence-corrected chi connectivity index (χ2v) is 4.39. The molecule has 0 amide bonds. The molecule has 94 valence electrons. The average molecular weight is 266 g/mol. The van der Waals surface area contributed by atoms with Crippen LogP contribution in [0.4, 0.5) is 5.69 Å². The third-order valence-electron chi connectivity index (χ3n) is 2.09. The Kier molecular flexibility index (Phi) is 5.14. The Balaban J connectivity index is 2.72. The van der Waals surface area contributed by atoms with Gasteiger partial charge in [-0.05, 0) is 12.1 Å². The summed E-state index contributed by atoms with van der Waals surface area (Å²) < 4.78 is 4.49. The summed E-state index contributed by atoms with van der Waals surface area (Å²) in [5.41, 5.74) is -0.196. The third-order valence-corrected chi connectivity index (χ3v) is 3.08. The summed E-state index contributed by atoms with van der Waals surface area (Å²) in [5, 5.41) is 19.4. The maximum atomic E-state index is 10.9. The van der Waals surface area contributed by atoms with Gasteiger partial charge in [0, 0.05) is 16.7 Å². The molecule has 0 atom stereocenters. The fraction of sp³-hybridized carbons (Fsp3) is 0.273. The average Bonchev–Trinajstić information content (AvgIpc) is 2.37. The van der Waals surface area contributed by atoms with Gasteiger partial charge in [-0.15, -0.1) is 11.8 Å². The van der Waals surface area contributed by atoms with Crippen LogP contribution >= 0.6 is 11.8 Å². The molecule has 0 heterocycles. The van der Waals surface area contributed by atoms with Gasteiger partial charge in [0.2, 0.25) is 0 Å². The Bertz CT molecular complexity index is 510. The van der Waals surface area contributed by atoms with E-state index in [4.69, 9.17) is 5.26 Å². The van der Waals surface area contributed by atoms with Gasteiger partial charge in [0.05, 0.1) is 18.5 Å². The molecule has 1 aromatic carbocycles. The predicted molar refractivity (Wildman–Crippen MR) is 65.2 cm³/mol. The summed E-state index contributed by atoms with van der Waals surface area (Å²) in [6, 6.07) is 6.07. The van der Waals surface area contributed by atoms with E-state index in [1.807, 2.05) is 0 Å². The van der Waals surface area contributed by atoms with E-state index >= 15 is 0 Å². The molecule has 7 heteroatoms. The van der Waals surface area contributed by atoms with Gasteiger partial charge in [0.25, 0.3) is 5.69 Å². The lowest BCUT2D eigenvalue weighted by molar-refractivity contribution is -0.385. The molecule has 0 radical (unpaired) electrons. The van der Waals surface area contributed by atoms with E-state index in [1.165, 1.54) is 31.0 Å². The molecule has 0 aliphatic heterocycles. The maximum absolute atomic E-state index is 10.9. The Morgan fingerprint density at radius 3 is 2.89 bits per heavy atom. The molecular formula is C11H10N2O4S. The molecule has 0 aliphatic rings. The number of hydrogen-bond donors (Lipinski definition) is 0. The lowest BCUT2D eigenvalue weighted by atomic mass is 10.2. The van der Waals surface area contributed by atoms with E-state index in [-0.39, 0.29) is 23.6 Å². The first-order valence-electron chi connectivity index (χ1n) is 4.96. The Labute approximate surface area is 108 Å². The van der Waals surface area contributed by atoms with Crippen LogP contribution < -0.4 is 0 Å². The number of nitro groups is 1. The fourth-order valence-corrected chi connectivity index (χ4v) is 2.08. The summed E-state index contributed by atoms with van der Waals surface area (Å²) >= 11 is 1.34. The SMILES string of the molecule is COC(=O)CCSc1ccc([N+](=O)[O-])c(C#N)c1. The van der Waals surface area contributed by atoms with Crippen LogP contribution in [0, 0.1) is 21.4 Å². The highest BCUT2D eigenvalue weighted by Gasteiger charge is 2.13. The summed E-state index contributed by atoms with van der Waals surface area (Å²) in [4.78, 5) is 21.6. The first-order chi connectivity index (χ1) is 8.58. The number of esters is 1. The lowest BCUT2D eigenvalue weighted by Gasteiger charge is -2.02. The molecule has 6 nitrogen and oxygen atoms in total. The van der Waals surface area contributed by atoms with Crippen LogP contribution in [0.2, 0.25) is 0 Å². The van der Waals surface area contributed by atoms with Crippen molar-refractivity contribution in [2.24, 2.45) is 0 Å². The molecule has 0 unspecified atom stereocenters. The monoisotopic (exact) mass is 266 g/mol. The number of thioether (sulfide) groups is 1. The van der Waals surface area contributed by atoms with Gasteiger partial charge in [-0.3, -0.25) is 14.9 Å². The Hall–Kier alpha value is -2.07. The largest absolute Gasteiger partial charge is 0.469 e. The van der Waals surface area contributed by atoms with Crippen molar-refractivity contribution in [2.45, 2.75) is 11.3 Å². The minimum Gasteiger partial charge on any atom is -0.469 e. The molecule has 18 heavy (non-hydrogen) atoms. The molecular weight excluding hydrogens is 256 g/mol. The highest BCUT2D eigenvalue weighted by atomic mass is 32.2. The number of carbonyl (C=O) groups excluding carboxylic acids is 1. The second kappa shape index (κ2) is 6.61. The summed E-state index contributed by atoms with van der Waals surface area (Å²) in [5.74, 6) is 0.180. The number of nitriles is 1. The van der Waals surface area contributed by atoms with Gasteiger partial charge in [0.15, 0.2) is 0 Å². The van der Waals surface area contributed by atoms with E-state index in [0.717, 1.165) is 0 Å². The maximum Gasteiger partial charge on any atom is 0.306 e. The van der Waals surface area contributed by atoms with Gasteiger partial charge in [-0.25, -0.2) is 0 Å². The number of hydrogen-bond acceptors (Lipinski definition) is 6. The standard InChI is InChI=1S/C11H10N2O4S/c1-17-11(14)4-5-18-9-2-3-10(13(15)16)8(6-9)7-12/h2-3,6H,4-5H2,1H3. The molecule has 0 spiro atoms. The molecule has 1 rings (SSSR count). The van der Waals surface area contributed by atoms with Crippen LogP contribution in [-0.2, 0) is 9.53 Å². The lowest BCUT2D eigenvalue weighted by Crippen LogP contribution is -2.01. The predicted octanol–water partition coefficient (Wildman–Crippen LogP) is 2.12. The van der Waals surface area contributed by atoms with Crippen LogP contribution in [0.1, 0.15) is 12.0 Å². The second-order valence-electron chi connectivity index (χ2n) is 3.22. The molecule has 1 aromatic rings. The number of benzene rings is 1. The first-order valence-corrected chi connectivity index (χ1v) is 5.95. The van der Waals surface area contributed by atoms with Crippen LogP contribution in [-0.4, -0.2) is 23.8 Å². The van der Waals surface area contributed by atoms with Crippen molar-refractivity contribution in [3.05, 3.63) is 33.9 Å². The van der Waals surface area contributed by atoms with Crippen LogP contribution in [0.25, 0.3) is 0 Å². The number of ether oxygens (including phenoxy) is 1. The van der Waals surface area contributed by atoms with Crippen LogP contribution in [0.5, 0.6) is 0 Å². The molecule has 0 saturated heterocycles. The summed E-state index contributed by atoms with van der Waals surface area (Å²) in [7, 11) is 1.31. The van der Waals surface area contributed by atoms with E-state index in [9.17, 15) is 14.9 Å². The van der Waals surface area contributed by atoms with Crippen LogP contribution in [0.3, 0.4) is 0 Å². The van der Waals surface area contributed by atoms with Crippen molar-refractivity contribution < 1.29 is 14.5 Å². The van der Waals surface area contributed by atoms with Gasteiger partial charge >= 0.3 is 5.97 Å². The van der Waals surface area contributed by atoms with E-state index in [2.05, 4.69) is 4.74 Å². The van der Waals surface area contributed by atoms with Crippen molar-refractivity contribution >= 4 is 23.4 Å². The van der Waals surface area contributed by atoms with Crippen molar-refractivity contribution in [3.8, 4) is 6.07 Å². The smallest absolute Gasteiger partial charge is 0.306 e. The molecule has 0 saturated carbocycles. The van der Waals surface area contributed by atoms with Gasteiger partial charge < -0.3 is 4.74 Å².